The van der Waals surface area contributed by atoms with Crippen LogP contribution in [0.3, 0.4) is 0 Å². The van der Waals surface area contributed by atoms with Gasteiger partial charge in [0.25, 0.3) is 5.91 Å². The zero-order valence-electron chi connectivity index (χ0n) is 25.2. The summed E-state index contributed by atoms with van der Waals surface area (Å²) < 4.78 is 6.60. The van der Waals surface area contributed by atoms with Crippen molar-refractivity contribution < 1.29 is 24.2 Å². The Bertz CT molecular complexity index is 1460. The molecular weight excluding hydrogens is 544 g/mol. The third-order valence-electron chi connectivity index (χ3n) is 8.76. The molecule has 2 aliphatic rings. The van der Waals surface area contributed by atoms with Crippen molar-refractivity contribution in [3.05, 3.63) is 66.2 Å². The minimum atomic E-state index is -0.503. The first-order chi connectivity index (χ1) is 20.8. The highest BCUT2D eigenvalue weighted by molar-refractivity contribution is 6.03. The highest BCUT2D eigenvalue weighted by Crippen LogP contribution is 2.36. The van der Waals surface area contributed by atoms with Crippen LogP contribution in [0.1, 0.15) is 56.3 Å². The molecule has 0 radical (unpaired) electrons. The van der Waals surface area contributed by atoms with Gasteiger partial charge in [0.05, 0.1) is 36.1 Å². The van der Waals surface area contributed by atoms with Crippen molar-refractivity contribution in [3.8, 4) is 5.75 Å². The lowest BCUT2D eigenvalue weighted by Crippen LogP contribution is -2.50. The maximum Gasteiger partial charge on any atom is 0.321 e. The molecule has 0 bridgehead atoms. The molecule has 0 unspecified atom stereocenters. The molecule has 0 aromatic heterocycles. The molecular formula is C34H42N4O5. The third-order valence-corrected chi connectivity index (χ3v) is 8.76. The van der Waals surface area contributed by atoms with Crippen LogP contribution in [0, 0.1) is 11.8 Å². The van der Waals surface area contributed by atoms with Crippen molar-refractivity contribution in [1.29, 1.82) is 0 Å². The van der Waals surface area contributed by atoms with E-state index in [2.05, 4.69) is 10.6 Å². The fourth-order valence-electron chi connectivity index (χ4n) is 6.06. The summed E-state index contributed by atoms with van der Waals surface area (Å²) in [7, 11) is 1.71. The van der Waals surface area contributed by atoms with Crippen LogP contribution in [0.4, 0.5) is 16.2 Å². The Morgan fingerprint density at radius 2 is 1.70 bits per heavy atom. The van der Waals surface area contributed by atoms with Gasteiger partial charge in [-0.3, -0.25) is 9.59 Å². The van der Waals surface area contributed by atoms with Crippen LogP contribution in [0.5, 0.6) is 5.75 Å². The number of nitrogens with zero attached hydrogens (tertiary/aromatic N) is 2. The van der Waals surface area contributed by atoms with Crippen molar-refractivity contribution in [2.45, 2.75) is 58.1 Å². The molecule has 1 aliphatic heterocycles. The molecule has 5 rings (SSSR count). The Hall–Kier alpha value is -4.11. The number of hydrogen-bond donors (Lipinski definition) is 3. The third kappa shape index (κ3) is 6.77. The van der Waals surface area contributed by atoms with Gasteiger partial charge in [-0.2, -0.15) is 0 Å². The predicted octanol–water partition coefficient (Wildman–Crippen LogP) is 5.74. The van der Waals surface area contributed by atoms with E-state index in [4.69, 9.17) is 4.74 Å². The number of para-hydroxylation sites is 1. The largest absolute Gasteiger partial charge is 0.485 e. The molecule has 0 spiro atoms. The van der Waals surface area contributed by atoms with E-state index in [-0.39, 0.29) is 42.8 Å². The number of ether oxygens (including phenoxy) is 1. The van der Waals surface area contributed by atoms with Gasteiger partial charge in [-0.25, -0.2) is 4.79 Å². The van der Waals surface area contributed by atoms with E-state index in [1.165, 1.54) is 0 Å². The lowest BCUT2D eigenvalue weighted by molar-refractivity contribution is -0.120. The standard InChI is InChI=1S/C34H42N4O5/c1-22-19-38(23(2)21-39)33(41)27-16-10-18-29(35-32(40)25-12-5-4-6-13-25)31(27)43-30(22)20-37(3)34(42)36-28-17-9-14-24-11-7-8-15-26(24)28/h7-11,14-18,22-23,25,30,39H,4-6,12-13,19-21H2,1-3H3,(H,35,40)(H,36,42)/t22-,23+,30+/m1/s1. The molecule has 1 heterocycles. The number of carbonyl (C=O) groups excluding carboxylic acids is 3. The number of carbonyl (C=O) groups is 3. The molecule has 4 amide bonds. The van der Waals surface area contributed by atoms with E-state index in [9.17, 15) is 19.5 Å². The van der Waals surface area contributed by atoms with Crippen molar-refractivity contribution in [1.82, 2.24) is 9.80 Å². The zero-order valence-corrected chi connectivity index (χ0v) is 25.2. The van der Waals surface area contributed by atoms with E-state index < -0.39 is 12.1 Å². The van der Waals surface area contributed by atoms with Gasteiger partial charge in [0, 0.05) is 30.8 Å². The number of amides is 4. The number of aliphatic hydroxyl groups is 1. The molecule has 3 aromatic rings. The fraction of sp³-hybridized carbons (Fsp3) is 0.441. The zero-order chi connectivity index (χ0) is 30.5. The Labute approximate surface area is 253 Å². The van der Waals surface area contributed by atoms with E-state index in [1.54, 1.807) is 42.0 Å². The van der Waals surface area contributed by atoms with Crippen molar-refractivity contribution in [2.75, 3.05) is 37.4 Å². The van der Waals surface area contributed by atoms with E-state index >= 15 is 0 Å². The minimum Gasteiger partial charge on any atom is -0.485 e. The Balaban J connectivity index is 1.42. The highest BCUT2D eigenvalue weighted by Gasteiger charge is 2.35. The SMILES string of the molecule is C[C@@H]1CN([C@@H](C)CO)C(=O)c2cccc(NC(=O)C3CCCCC3)c2O[C@H]1CN(C)C(=O)Nc1cccc2ccccc12. The van der Waals surface area contributed by atoms with E-state index in [0.29, 0.717) is 29.2 Å². The van der Waals surface area contributed by atoms with Crippen LogP contribution in [0.25, 0.3) is 10.8 Å². The van der Waals surface area contributed by atoms with Crippen LogP contribution in [0.2, 0.25) is 0 Å². The smallest absolute Gasteiger partial charge is 0.321 e. The van der Waals surface area contributed by atoms with Gasteiger partial charge in [0.15, 0.2) is 5.75 Å². The maximum absolute atomic E-state index is 13.8. The Kier molecular flexibility index (Phi) is 9.50. The number of hydrogen-bond acceptors (Lipinski definition) is 5. The van der Waals surface area contributed by atoms with Crippen molar-refractivity contribution in [3.63, 3.8) is 0 Å². The molecule has 3 N–H and O–H groups in total. The summed E-state index contributed by atoms with van der Waals surface area (Å²) in [5.74, 6) is -0.300. The fourth-order valence-corrected chi connectivity index (χ4v) is 6.06. The van der Waals surface area contributed by atoms with Gasteiger partial charge in [-0.15, -0.1) is 0 Å². The molecule has 1 fully saturated rings. The van der Waals surface area contributed by atoms with Crippen LogP contribution in [0.15, 0.2) is 60.7 Å². The average Bonchev–Trinajstić information content (AvgIpc) is 3.03. The second-order valence-electron chi connectivity index (χ2n) is 12.0. The molecule has 228 valence electrons. The second-order valence-corrected chi connectivity index (χ2v) is 12.0. The lowest BCUT2D eigenvalue weighted by Gasteiger charge is -2.38. The van der Waals surface area contributed by atoms with E-state index in [1.807, 2.05) is 49.4 Å². The summed E-state index contributed by atoms with van der Waals surface area (Å²) in [6.07, 6.45) is 4.39. The number of benzene rings is 3. The number of nitrogens with one attached hydrogen (secondary N) is 2. The van der Waals surface area contributed by atoms with Crippen LogP contribution >= 0.6 is 0 Å². The van der Waals surface area contributed by atoms with Gasteiger partial charge in [0.1, 0.15) is 6.10 Å². The lowest BCUT2D eigenvalue weighted by atomic mass is 9.88. The van der Waals surface area contributed by atoms with Crippen LogP contribution in [-0.2, 0) is 4.79 Å². The van der Waals surface area contributed by atoms with E-state index in [0.717, 1.165) is 42.9 Å². The predicted molar refractivity (Wildman–Crippen MR) is 168 cm³/mol. The van der Waals surface area contributed by atoms with Crippen molar-refractivity contribution >= 4 is 40.0 Å². The topological polar surface area (TPSA) is 111 Å². The number of aliphatic hydroxyl groups excluding tert-OH is 1. The van der Waals surface area contributed by atoms with Crippen LogP contribution in [-0.4, -0.2) is 71.6 Å². The highest BCUT2D eigenvalue weighted by atomic mass is 16.5. The summed E-state index contributed by atoms with van der Waals surface area (Å²) in [4.78, 5) is 43.6. The molecule has 3 aromatic carbocycles. The van der Waals surface area contributed by atoms with Crippen LogP contribution < -0.4 is 15.4 Å². The molecule has 1 aliphatic carbocycles. The number of fused-ring (bicyclic) bond motifs is 2. The molecule has 43 heavy (non-hydrogen) atoms. The summed E-state index contributed by atoms with van der Waals surface area (Å²) in [6.45, 7) is 4.16. The maximum atomic E-state index is 13.8. The normalized spacial score (nSPS) is 19.9. The molecule has 0 saturated heterocycles. The summed E-state index contributed by atoms with van der Waals surface area (Å²) in [6, 6.07) is 18.1. The molecule has 9 heteroatoms. The Morgan fingerprint density at radius 3 is 2.47 bits per heavy atom. The van der Waals surface area contributed by atoms with Gasteiger partial charge in [0.2, 0.25) is 5.91 Å². The first-order valence-electron chi connectivity index (χ1n) is 15.3. The van der Waals surface area contributed by atoms with Gasteiger partial charge >= 0.3 is 6.03 Å². The summed E-state index contributed by atoms with van der Waals surface area (Å²) in [5.41, 5.74) is 1.48. The number of rotatable bonds is 7. The monoisotopic (exact) mass is 586 g/mol. The summed E-state index contributed by atoms with van der Waals surface area (Å²) >= 11 is 0. The number of urea groups is 1. The number of anilines is 2. The molecule has 9 nitrogen and oxygen atoms in total. The average molecular weight is 587 g/mol. The molecule has 1 saturated carbocycles. The van der Waals surface area contributed by atoms with Gasteiger partial charge in [-0.1, -0.05) is 68.7 Å². The first kappa shape index (κ1) is 30.4. The Morgan fingerprint density at radius 1 is 1.00 bits per heavy atom. The summed E-state index contributed by atoms with van der Waals surface area (Å²) in [5, 5.41) is 18.0. The quantitative estimate of drug-likeness (QED) is 0.327. The van der Waals surface area contributed by atoms with Crippen molar-refractivity contribution in [2.24, 2.45) is 11.8 Å². The minimum absolute atomic E-state index is 0.0667. The second kappa shape index (κ2) is 13.5. The number of likely N-dealkylation sites (N-methyl/N-ethyl adjacent to an activating group) is 1. The first-order valence-corrected chi connectivity index (χ1v) is 15.3. The van der Waals surface area contributed by atoms with Gasteiger partial charge in [-0.05, 0) is 43.4 Å². The molecule has 3 atom stereocenters. The van der Waals surface area contributed by atoms with Gasteiger partial charge < -0.3 is 30.3 Å².